The molecule has 21 heavy (non-hydrogen) atoms. The molecule has 0 aliphatic carbocycles. The SMILES string of the molecule is Cc1cc(Cl)ccc1NC(=O)CN1CCCC1(C)C(=O)O. The lowest BCUT2D eigenvalue weighted by atomic mass is 9.99. The molecule has 5 nitrogen and oxygen atoms in total. The number of hydrogen-bond donors (Lipinski definition) is 2. The highest BCUT2D eigenvalue weighted by Crippen LogP contribution is 2.29. The Labute approximate surface area is 128 Å². The fraction of sp³-hybridized carbons (Fsp3) is 0.467. The monoisotopic (exact) mass is 310 g/mol. The molecular formula is C15H19ClN2O3. The van der Waals surface area contributed by atoms with E-state index in [1.807, 2.05) is 6.92 Å². The molecule has 1 aromatic carbocycles. The summed E-state index contributed by atoms with van der Waals surface area (Å²) in [4.78, 5) is 25.2. The topological polar surface area (TPSA) is 69.6 Å². The second-order valence-electron chi connectivity index (χ2n) is 5.61. The molecule has 1 aromatic rings. The number of nitrogens with one attached hydrogen (secondary N) is 1. The third-order valence-electron chi connectivity index (χ3n) is 4.05. The third-order valence-corrected chi connectivity index (χ3v) is 4.28. The van der Waals surface area contributed by atoms with Crippen LogP contribution in [-0.2, 0) is 9.59 Å². The van der Waals surface area contributed by atoms with Gasteiger partial charge in [0.25, 0.3) is 0 Å². The van der Waals surface area contributed by atoms with Gasteiger partial charge in [-0.2, -0.15) is 0 Å². The van der Waals surface area contributed by atoms with E-state index >= 15 is 0 Å². The molecule has 1 saturated heterocycles. The average molecular weight is 311 g/mol. The van der Waals surface area contributed by atoms with Crippen LogP contribution in [0.25, 0.3) is 0 Å². The number of carboxylic acids is 1. The van der Waals surface area contributed by atoms with Crippen LogP contribution in [0.2, 0.25) is 5.02 Å². The number of benzene rings is 1. The number of rotatable bonds is 4. The summed E-state index contributed by atoms with van der Waals surface area (Å²) in [5, 5.41) is 12.8. The fourth-order valence-corrected chi connectivity index (χ4v) is 2.87. The molecule has 0 aromatic heterocycles. The summed E-state index contributed by atoms with van der Waals surface area (Å²) in [5.74, 6) is -1.09. The van der Waals surface area contributed by atoms with Crippen molar-refractivity contribution in [2.24, 2.45) is 0 Å². The number of aliphatic carboxylic acids is 1. The Morgan fingerprint density at radius 2 is 2.19 bits per heavy atom. The Morgan fingerprint density at radius 3 is 2.81 bits per heavy atom. The van der Waals surface area contributed by atoms with Crippen LogP contribution in [0.3, 0.4) is 0 Å². The molecule has 0 radical (unpaired) electrons. The van der Waals surface area contributed by atoms with E-state index in [9.17, 15) is 14.7 Å². The van der Waals surface area contributed by atoms with Crippen LogP contribution in [-0.4, -0.2) is 40.5 Å². The molecule has 0 spiro atoms. The van der Waals surface area contributed by atoms with Crippen LogP contribution in [0.1, 0.15) is 25.3 Å². The Kier molecular flexibility index (Phi) is 4.54. The van der Waals surface area contributed by atoms with Gasteiger partial charge in [0.15, 0.2) is 0 Å². The zero-order valence-electron chi connectivity index (χ0n) is 12.1. The Hall–Kier alpha value is -1.59. The highest BCUT2D eigenvalue weighted by molar-refractivity contribution is 6.30. The van der Waals surface area contributed by atoms with Crippen molar-refractivity contribution >= 4 is 29.2 Å². The second-order valence-corrected chi connectivity index (χ2v) is 6.05. The zero-order valence-corrected chi connectivity index (χ0v) is 12.9. The van der Waals surface area contributed by atoms with Gasteiger partial charge in [0.05, 0.1) is 6.54 Å². The average Bonchev–Trinajstić information content (AvgIpc) is 2.76. The van der Waals surface area contributed by atoms with Crippen molar-refractivity contribution in [2.75, 3.05) is 18.4 Å². The predicted octanol–water partition coefficient (Wildman–Crippen LogP) is 2.53. The van der Waals surface area contributed by atoms with E-state index in [0.29, 0.717) is 23.7 Å². The number of anilines is 1. The largest absolute Gasteiger partial charge is 0.480 e. The van der Waals surface area contributed by atoms with Crippen LogP contribution >= 0.6 is 11.6 Å². The van der Waals surface area contributed by atoms with E-state index in [1.54, 1.807) is 30.0 Å². The summed E-state index contributed by atoms with van der Waals surface area (Å²) < 4.78 is 0. The maximum Gasteiger partial charge on any atom is 0.323 e. The minimum Gasteiger partial charge on any atom is -0.480 e. The summed E-state index contributed by atoms with van der Waals surface area (Å²) in [6, 6.07) is 5.23. The van der Waals surface area contributed by atoms with E-state index in [2.05, 4.69) is 5.32 Å². The number of carbonyl (C=O) groups excluding carboxylic acids is 1. The minimum absolute atomic E-state index is 0.0743. The molecule has 1 aliphatic rings. The lowest BCUT2D eigenvalue weighted by molar-refractivity contribution is -0.149. The second kappa shape index (κ2) is 6.03. The van der Waals surface area contributed by atoms with Gasteiger partial charge in [0, 0.05) is 10.7 Å². The van der Waals surface area contributed by atoms with Gasteiger partial charge >= 0.3 is 5.97 Å². The summed E-state index contributed by atoms with van der Waals surface area (Å²) in [5.41, 5.74) is 0.616. The molecule has 1 unspecified atom stereocenters. The van der Waals surface area contributed by atoms with E-state index in [4.69, 9.17) is 11.6 Å². The number of nitrogens with zero attached hydrogens (tertiary/aromatic N) is 1. The standard InChI is InChI=1S/C15H19ClN2O3/c1-10-8-11(16)4-5-12(10)17-13(19)9-18-7-3-6-15(18,2)14(20)21/h4-5,8H,3,6-7,9H2,1-2H3,(H,17,19)(H,20,21). The van der Waals surface area contributed by atoms with Crippen molar-refractivity contribution < 1.29 is 14.7 Å². The van der Waals surface area contributed by atoms with Gasteiger partial charge in [-0.25, -0.2) is 0 Å². The highest BCUT2D eigenvalue weighted by Gasteiger charge is 2.43. The minimum atomic E-state index is -0.952. The van der Waals surface area contributed by atoms with Crippen LogP contribution in [0.4, 0.5) is 5.69 Å². The van der Waals surface area contributed by atoms with E-state index in [0.717, 1.165) is 12.0 Å². The molecule has 1 aliphatic heterocycles. The zero-order chi connectivity index (χ0) is 15.6. The Morgan fingerprint density at radius 1 is 1.48 bits per heavy atom. The number of likely N-dealkylation sites (tertiary alicyclic amines) is 1. The van der Waals surface area contributed by atoms with Gasteiger partial charge < -0.3 is 10.4 Å². The summed E-state index contributed by atoms with van der Waals surface area (Å²) in [7, 11) is 0. The normalized spacial score (nSPS) is 22.2. The fourth-order valence-electron chi connectivity index (χ4n) is 2.65. The van der Waals surface area contributed by atoms with Crippen LogP contribution < -0.4 is 5.32 Å². The van der Waals surface area contributed by atoms with E-state index < -0.39 is 11.5 Å². The third kappa shape index (κ3) is 3.36. The van der Waals surface area contributed by atoms with Crippen molar-refractivity contribution in [1.82, 2.24) is 4.90 Å². The maximum atomic E-state index is 12.1. The molecule has 1 atom stereocenters. The van der Waals surface area contributed by atoms with Crippen molar-refractivity contribution in [3.63, 3.8) is 0 Å². The first-order chi connectivity index (χ1) is 9.83. The van der Waals surface area contributed by atoms with Gasteiger partial charge in [-0.15, -0.1) is 0 Å². The molecule has 1 amide bonds. The molecule has 1 heterocycles. The molecular weight excluding hydrogens is 292 g/mol. The van der Waals surface area contributed by atoms with Crippen molar-refractivity contribution in [3.05, 3.63) is 28.8 Å². The van der Waals surface area contributed by atoms with Crippen molar-refractivity contribution in [3.8, 4) is 0 Å². The summed E-state index contributed by atoms with van der Waals surface area (Å²) >= 11 is 5.88. The smallest absolute Gasteiger partial charge is 0.323 e. The molecule has 2 rings (SSSR count). The Balaban J connectivity index is 2.03. The summed E-state index contributed by atoms with van der Waals surface area (Å²) in [6.45, 7) is 4.22. The van der Waals surface area contributed by atoms with Gasteiger partial charge in [-0.1, -0.05) is 11.6 Å². The van der Waals surface area contributed by atoms with Crippen LogP contribution in [0.5, 0.6) is 0 Å². The molecule has 1 fully saturated rings. The number of halogens is 1. The first-order valence-electron chi connectivity index (χ1n) is 6.87. The molecule has 6 heteroatoms. The van der Waals surface area contributed by atoms with Gasteiger partial charge in [0.1, 0.15) is 5.54 Å². The van der Waals surface area contributed by atoms with Gasteiger partial charge in [0.2, 0.25) is 5.91 Å². The van der Waals surface area contributed by atoms with Gasteiger partial charge in [-0.3, -0.25) is 14.5 Å². The lowest BCUT2D eigenvalue weighted by Gasteiger charge is -2.30. The quantitative estimate of drug-likeness (QED) is 0.896. The van der Waals surface area contributed by atoms with Gasteiger partial charge in [-0.05, 0) is 57.0 Å². The lowest BCUT2D eigenvalue weighted by Crippen LogP contribution is -2.50. The highest BCUT2D eigenvalue weighted by atomic mass is 35.5. The van der Waals surface area contributed by atoms with Crippen molar-refractivity contribution in [1.29, 1.82) is 0 Å². The number of aryl methyl sites for hydroxylation is 1. The number of amides is 1. The molecule has 0 saturated carbocycles. The van der Waals surface area contributed by atoms with Crippen molar-refractivity contribution in [2.45, 2.75) is 32.2 Å². The molecule has 2 N–H and O–H groups in total. The number of carboxylic acid groups (broad SMARTS) is 1. The molecule has 0 bridgehead atoms. The number of carbonyl (C=O) groups is 2. The van der Waals surface area contributed by atoms with Crippen LogP contribution in [0, 0.1) is 6.92 Å². The first kappa shape index (κ1) is 15.8. The first-order valence-corrected chi connectivity index (χ1v) is 7.25. The maximum absolute atomic E-state index is 12.1. The summed E-state index contributed by atoms with van der Waals surface area (Å²) in [6.07, 6.45) is 1.35. The predicted molar refractivity (Wildman–Crippen MR) is 81.7 cm³/mol. The van der Waals surface area contributed by atoms with Crippen LogP contribution in [0.15, 0.2) is 18.2 Å². The van der Waals surface area contributed by atoms with E-state index in [1.165, 1.54) is 0 Å². The van der Waals surface area contributed by atoms with E-state index in [-0.39, 0.29) is 12.5 Å². The molecule has 114 valence electrons. The Bertz CT molecular complexity index is 576. The number of hydrogen-bond acceptors (Lipinski definition) is 3.